The molecule has 0 spiro atoms. The van der Waals surface area contributed by atoms with E-state index in [1.807, 2.05) is 43.0 Å². The minimum Gasteiger partial charge on any atom is -0.383 e. The van der Waals surface area contributed by atoms with Gasteiger partial charge in [0.1, 0.15) is 0 Å². The number of benzene rings is 1. The van der Waals surface area contributed by atoms with Crippen LogP contribution >= 0.6 is 0 Å². The Morgan fingerprint density at radius 1 is 1.37 bits per heavy atom. The average molecular weight is 264 g/mol. The van der Waals surface area contributed by atoms with Crippen LogP contribution in [0.25, 0.3) is 0 Å². The number of hydrogen-bond acceptors (Lipinski definition) is 3. The molecule has 0 radical (unpaired) electrons. The lowest BCUT2D eigenvalue weighted by Gasteiger charge is -2.27. The maximum absolute atomic E-state index is 12.6. The number of nitrogens with two attached hydrogens (primary N) is 1. The topological polar surface area (TPSA) is 55.6 Å². The molecule has 0 saturated heterocycles. The fraction of sp³-hybridized carbons (Fsp3) is 0.533. The van der Waals surface area contributed by atoms with Crippen LogP contribution in [0.5, 0.6) is 0 Å². The van der Waals surface area contributed by atoms with Gasteiger partial charge in [-0.2, -0.15) is 0 Å². The van der Waals surface area contributed by atoms with E-state index in [0.29, 0.717) is 19.7 Å². The van der Waals surface area contributed by atoms with Gasteiger partial charge < -0.3 is 15.4 Å². The summed E-state index contributed by atoms with van der Waals surface area (Å²) in [5.74, 6) is 0.0519. The molecule has 0 atom stereocenters. The summed E-state index contributed by atoms with van der Waals surface area (Å²) in [7, 11) is 1.64. The molecule has 1 amide bonds. The molecule has 2 N–H and O–H groups in total. The molecule has 0 bridgehead atoms. The number of rotatable bonds is 7. The van der Waals surface area contributed by atoms with Crippen molar-refractivity contribution in [3.05, 3.63) is 35.4 Å². The Balaban J connectivity index is 2.95. The maximum atomic E-state index is 12.6. The van der Waals surface area contributed by atoms with Crippen LogP contribution < -0.4 is 5.73 Å². The molecule has 1 rings (SSSR count). The minimum absolute atomic E-state index is 0.0519. The Hall–Kier alpha value is -1.39. The zero-order valence-corrected chi connectivity index (χ0v) is 12.1. The first kappa shape index (κ1) is 15.7. The summed E-state index contributed by atoms with van der Waals surface area (Å²) in [4.78, 5) is 14.4. The molecule has 0 unspecified atom stereocenters. The van der Waals surface area contributed by atoms with Gasteiger partial charge in [-0.3, -0.25) is 4.79 Å². The quantitative estimate of drug-likeness (QED) is 0.815. The predicted octanol–water partition coefficient (Wildman–Crippen LogP) is 1.68. The van der Waals surface area contributed by atoms with Crippen molar-refractivity contribution >= 4 is 5.91 Å². The summed E-state index contributed by atoms with van der Waals surface area (Å²) in [6.45, 7) is 5.72. The summed E-state index contributed by atoms with van der Waals surface area (Å²) in [6, 6.07) is 7.82. The normalized spacial score (nSPS) is 10.8. The van der Waals surface area contributed by atoms with Crippen LogP contribution in [0, 0.1) is 0 Å². The van der Waals surface area contributed by atoms with Crippen LogP contribution in [0.3, 0.4) is 0 Å². The largest absolute Gasteiger partial charge is 0.383 e. The van der Waals surface area contributed by atoms with Crippen LogP contribution in [-0.2, 0) is 11.2 Å². The minimum atomic E-state index is 0.0519. The lowest BCUT2D eigenvalue weighted by Crippen LogP contribution is -2.39. The Morgan fingerprint density at radius 2 is 2.05 bits per heavy atom. The first-order valence-corrected chi connectivity index (χ1v) is 6.69. The summed E-state index contributed by atoms with van der Waals surface area (Å²) in [6.07, 6.45) is 0.720. The van der Waals surface area contributed by atoms with Crippen LogP contribution in [-0.4, -0.2) is 43.7 Å². The van der Waals surface area contributed by atoms with Crippen LogP contribution in [0.1, 0.15) is 29.8 Å². The fourth-order valence-electron chi connectivity index (χ4n) is 2.04. The third-order valence-electron chi connectivity index (χ3n) is 3.08. The average Bonchev–Trinajstić information content (AvgIpc) is 2.39. The zero-order chi connectivity index (χ0) is 14.3. The van der Waals surface area contributed by atoms with E-state index in [-0.39, 0.29) is 11.9 Å². The van der Waals surface area contributed by atoms with E-state index >= 15 is 0 Å². The van der Waals surface area contributed by atoms with Crippen molar-refractivity contribution < 1.29 is 9.53 Å². The summed E-state index contributed by atoms with van der Waals surface area (Å²) in [5, 5.41) is 0. The molecule has 0 aliphatic carbocycles. The third kappa shape index (κ3) is 4.33. The van der Waals surface area contributed by atoms with E-state index in [1.54, 1.807) is 7.11 Å². The molecular weight excluding hydrogens is 240 g/mol. The van der Waals surface area contributed by atoms with Crippen molar-refractivity contribution in [2.24, 2.45) is 5.73 Å². The molecule has 1 aromatic rings. The van der Waals surface area contributed by atoms with Gasteiger partial charge in [0, 0.05) is 25.3 Å². The van der Waals surface area contributed by atoms with E-state index in [2.05, 4.69) is 0 Å². The van der Waals surface area contributed by atoms with Crippen molar-refractivity contribution in [2.75, 3.05) is 26.8 Å². The Labute approximate surface area is 115 Å². The van der Waals surface area contributed by atoms with Crippen molar-refractivity contribution in [1.29, 1.82) is 0 Å². The van der Waals surface area contributed by atoms with E-state index in [9.17, 15) is 4.79 Å². The van der Waals surface area contributed by atoms with Gasteiger partial charge >= 0.3 is 0 Å². The summed E-state index contributed by atoms with van der Waals surface area (Å²) < 4.78 is 5.07. The monoisotopic (exact) mass is 264 g/mol. The number of ether oxygens (including phenoxy) is 1. The van der Waals surface area contributed by atoms with Gasteiger partial charge in [0.15, 0.2) is 0 Å². The lowest BCUT2D eigenvalue weighted by atomic mass is 10.0. The molecule has 4 nitrogen and oxygen atoms in total. The van der Waals surface area contributed by atoms with Crippen LogP contribution in [0.2, 0.25) is 0 Å². The first-order valence-electron chi connectivity index (χ1n) is 6.69. The van der Waals surface area contributed by atoms with Crippen molar-refractivity contribution in [2.45, 2.75) is 26.3 Å². The Morgan fingerprint density at radius 3 is 2.63 bits per heavy atom. The van der Waals surface area contributed by atoms with Gasteiger partial charge in [0.2, 0.25) is 0 Å². The van der Waals surface area contributed by atoms with Gasteiger partial charge in [-0.15, -0.1) is 0 Å². The summed E-state index contributed by atoms with van der Waals surface area (Å²) >= 11 is 0. The summed E-state index contributed by atoms with van der Waals surface area (Å²) in [5.41, 5.74) is 7.36. The molecule has 106 valence electrons. The highest BCUT2D eigenvalue weighted by Gasteiger charge is 2.20. The highest BCUT2D eigenvalue weighted by atomic mass is 16.5. The van der Waals surface area contributed by atoms with Gasteiger partial charge in [0.05, 0.1) is 6.61 Å². The number of carbonyl (C=O) groups is 1. The Bertz CT molecular complexity index is 405. The van der Waals surface area contributed by atoms with E-state index in [4.69, 9.17) is 10.5 Å². The molecular formula is C15H24N2O2. The maximum Gasteiger partial charge on any atom is 0.254 e. The van der Waals surface area contributed by atoms with E-state index in [0.717, 1.165) is 17.5 Å². The fourth-order valence-corrected chi connectivity index (χ4v) is 2.04. The lowest BCUT2D eigenvalue weighted by molar-refractivity contribution is 0.0634. The smallest absolute Gasteiger partial charge is 0.254 e. The molecule has 0 aliphatic heterocycles. The second kappa shape index (κ2) is 7.92. The van der Waals surface area contributed by atoms with Gasteiger partial charge in [-0.05, 0) is 38.4 Å². The van der Waals surface area contributed by atoms with Crippen molar-refractivity contribution in [3.63, 3.8) is 0 Å². The predicted molar refractivity (Wildman–Crippen MR) is 77.2 cm³/mol. The molecule has 19 heavy (non-hydrogen) atoms. The van der Waals surface area contributed by atoms with E-state index < -0.39 is 0 Å². The van der Waals surface area contributed by atoms with Crippen LogP contribution in [0.15, 0.2) is 24.3 Å². The zero-order valence-electron chi connectivity index (χ0n) is 12.1. The van der Waals surface area contributed by atoms with Gasteiger partial charge in [-0.25, -0.2) is 0 Å². The van der Waals surface area contributed by atoms with Gasteiger partial charge in [-0.1, -0.05) is 18.2 Å². The number of methoxy groups -OCH3 is 1. The number of hydrogen-bond donors (Lipinski definition) is 1. The SMILES string of the molecule is COCCN(C(=O)c1ccccc1CCN)C(C)C. The Kier molecular flexibility index (Phi) is 6.53. The molecule has 0 heterocycles. The van der Waals surface area contributed by atoms with Crippen molar-refractivity contribution in [3.8, 4) is 0 Å². The highest BCUT2D eigenvalue weighted by Crippen LogP contribution is 2.14. The molecule has 4 heteroatoms. The molecule has 0 saturated carbocycles. The number of nitrogens with zero attached hydrogens (tertiary/aromatic N) is 1. The molecule has 0 aliphatic rings. The first-order chi connectivity index (χ1) is 9.11. The standard InChI is InChI=1S/C15H24N2O2/c1-12(2)17(10-11-19-3)15(18)14-7-5-4-6-13(14)8-9-16/h4-7,12H,8-11,16H2,1-3H3. The van der Waals surface area contributed by atoms with Gasteiger partial charge in [0.25, 0.3) is 5.91 Å². The second-order valence-corrected chi connectivity index (χ2v) is 4.78. The second-order valence-electron chi connectivity index (χ2n) is 4.78. The van der Waals surface area contributed by atoms with Crippen molar-refractivity contribution in [1.82, 2.24) is 4.90 Å². The highest BCUT2D eigenvalue weighted by molar-refractivity contribution is 5.95. The molecule has 0 aromatic heterocycles. The number of carbonyl (C=O) groups excluding carboxylic acids is 1. The third-order valence-corrected chi connectivity index (χ3v) is 3.08. The van der Waals surface area contributed by atoms with E-state index in [1.165, 1.54) is 0 Å². The molecule has 0 fully saturated rings. The number of amides is 1. The van der Waals surface area contributed by atoms with Crippen LogP contribution in [0.4, 0.5) is 0 Å². The molecule has 1 aromatic carbocycles.